The van der Waals surface area contributed by atoms with Crippen molar-refractivity contribution < 1.29 is 14.1 Å². The zero-order valence-electron chi connectivity index (χ0n) is 18.5. The quantitative estimate of drug-likeness (QED) is 0.637. The number of carbonyl (C=O) groups excluding carboxylic acids is 1. The van der Waals surface area contributed by atoms with Crippen molar-refractivity contribution in [1.82, 2.24) is 0 Å². The maximum absolute atomic E-state index is 12.7. The molecule has 1 aromatic carbocycles. The van der Waals surface area contributed by atoms with Gasteiger partial charge in [-0.05, 0) is 85.5 Å². The van der Waals surface area contributed by atoms with Gasteiger partial charge in [0.25, 0.3) is 0 Å². The molecule has 31 heavy (non-hydrogen) atoms. The average Bonchev–Trinajstić information content (AvgIpc) is 3.08. The molecule has 0 aromatic heterocycles. The zero-order chi connectivity index (χ0) is 21.8. The average molecular weight is 437 g/mol. The Bertz CT molecular complexity index is 1020. The van der Waals surface area contributed by atoms with Gasteiger partial charge in [-0.2, -0.15) is 0 Å². The summed E-state index contributed by atoms with van der Waals surface area (Å²) in [5.41, 5.74) is 5.81. The SMILES string of the molecule is C[C@]12CCC(=O)C=C1CC[C@@H]1[C@@H]2[C@@H](O)C[C@]2(C)C(=C=CS(=O)c3ccccc3)CC[C@@H]12. The summed E-state index contributed by atoms with van der Waals surface area (Å²) in [6.07, 6.45) is 7.87. The molecule has 0 bridgehead atoms. The lowest BCUT2D eigenvalue weighted by molar-refractivity contribution is -0.124. The molecule has 4 aliphatic carbocycles. The molecule has 0 aliphatic heterocycles. The highest BCUT2D eigenvalue weighted by Gasteiger charge is 2.60. The minimum absolute atomic E-state index is 0.0469. The summed E-state index contributed by atoms with van der Waals surface area (Å²) >= 11 is 0. The van der Waals surface area contributed by atoms with E-state index in [2.05, 4.69) is 19.6 Å². The molecule has 0 saturated heterocycles. The summed E-state index contributed by atoms with van der Waals surface area (Å²) < 4.78 is 12.7. The second kappa shape index (κ2) is 7.69. The van der Waals surface area contributed by atoms with Crippen LogP contribution in [0.3, 0.4) is 0 Å². The largest absolute Gasteiger partial charge is 0.393 e. The van der Waals surface area contributed by atoms with Crippen molar-refractivity contribution in [1.29, 1.82) is 0 Å². The summed E-state index contributed by atoms with van der Waals surface area (Å²) in [5.74, 6) is 1.49. The summed E-state index contributed by atoms with van der Waals surface area (Å²) in [6, 6.07) is 9.51. The van der Waals surface area contributed by atoms with Crippen LogP contribution in [0.25, 0.3) is 0 Å². The smallest absolute Gasteiger partial charge is 0.155 e. The van der Waals surface area contributed by atoms with E-state index in [4.69, 9.17) is 0 Å². The molecule has 3 fully saturated rings. The Morgan fingerprint density at radius 1 is 1.10 bits per heavy atom. The van der Waals surface area contributed by atoms with Crippen molar-refractivity contribution in [2.75, 3.05) is 0 Å². The van der Waals surface area contributed by atoms with Crippen LogP contribution in [0.4, 0.5) is 0 Å². The maximum Gasteiger partial charge on any atom is 0.155 e. The van der Waals surface area contributed by atoms with Gasteiger partial charge >= 0.3 is 0 Å². The Balaban J connectivity index is 1.46. The zero-order valence-corrected chi connectivity index (χ0v) is 19.3. The highest BCUT2D eigenvalue weighted by atomic mass is 32.2. The molecule has 3 nitrogen and oxygen atoms in total. The van der Waals surface area contributed by atoms with Gasteiger partial charge in [0.15, 0.2) is 5.78 Å². The van der Waals surface area contributed by atoms with Gasteiger partial charge in [0, 0.05) is 22.1 Å². The van der Waals surface area contributed by atoms with E-state index in [1.54, 1.807) is 5.41 Å². The van der Waals surface area contributed by atoms with Gasteiger partial charge in [0.2, 0.25) is 0 Å². The fourth-order valence-electron chi connectivity index (χ4n) is 7.48. The Labute approximate surface area is 187 Å². The Hall–Kier alpha value is -1.74. The van der Waals surface area contributed by atoms with Crippen molar-refractivity contribution in [2.24, 2.45) is 28.6 Å². The van der Waals surface area contributed by atoms with E-state index in [1.807, 2.05) is 36.4 Å². The highest BCUT2D eigenvalue weighted by molar-refractivity contribution is 7.88. The third kappa shape index (κ3) is 3.35. The van der Waals surface area contributed by atoms with Crippen LogP contribution in [0.1, 0.15) is 58.8 Å². The standard InChI is InChI=1S/C27H32O3S/c1-26-14-12-20(28)16-19(26)8-10-22-23-11-9-18(27(23,2)17-24(29)25(22)26)13-15-31(30)21-6-4-3-5-7-21/h3-7,15-16,22-25,29H,8-12,14,17H2,1-2H3/t13?,22-,23-,24-,25+,26-,27+,31?/m0/s1. The van der Waals surface area contributed by atoms with Gasteiger partial charge in [0.05, 0.1) is 16.9 Å². The van der Waals surface area contributed by atoms with Crippen LogP contribution in [-0.2, 0) is 15.6 Å². The molecule has 0 radical (unpaired) electrons. The highest BCUT2D eigenvalue weighted by Crippen LogP contribution is 2.66. The Morgan fingerprint density at radius 2 is 1.87 bits per heavy atom. The van der Waals surface area contributed by atoms with Crippen molar-refractivity contribution in [3.63, 3.8) is 0 Å². The number of aliphatic hydroxyl groups excluding tert-OH is 1. The molecule has 5 rings (SSSR count). The molecule has 0 spiro atoms. The van der Waals surface area contributed by atoms with Gasteiger partial charge in [-0.15, -0.1) is 5.73 Å². The van der Waals surface area contributed by atoms with Crippen LogP contribution in [0.5, 0.6) is 0 Å². The molecular weight excluding hydrogens is 404 g/mol. The normalized spacial score (nSPS) is 40.2. The Morgan fingerprint density at radius 3 is 2.65 bits per heavy atom. The number of ketones is 1. The van der Waals surface area contributed by atoms with Crippen LogP contribution < -0.4 is 0 Å². The van der Waals surface area contributed by atoms with Crippen LogP contribution in [-0.4, -0.2) is 21.2 Å². The molecule has 7 atom stereocenters. The van der Waals surface area contributed by atoms with Crippen LogP contribution in [0.15, 0.2) is 63.6 Å². The molecule has 0 heterocycles. The number of allylic oxidation sites excluding steroid dienone is 2. The summed E-state index contributed by atoms with van der Waals surface area (Å²) in [6.45, 7) is 4.59. The van der Waals surface area contributed by atoms with Crippen LogP contribution in [0.2, 0.25) is 0 Å². The molecule has 4 aliphatic rings. The van der Waals surface area contributed by atoms with Crippen molar-refractivity contribution >= 4 is 16.6 Å². The molecule has 1 unspecified atom stereocenters. The first-order valence-electron chi connectivity index (χ1n) is 11.7. The first-order chi connectivity index (χ1) is 14.8. The lowest BCUT2D eigenvalue weighted by Gasteiger charge is -2.59. The monoisotopic (exact) mass is 436 g/mol. The van der Waals surface area contributed by atoms with Crippen molar-refractivity contribution in [2.45, 2.75) is 69.8 Å². The van der Waals surface area contributed by atoms with Gasteiger partial charge in [-0.3, -0.25) is 4.79 Å². The molecule has 4 heteroatoms. The van der Waals surface area contributed by atoms with E-state index >= 15 is 0 Å². The topological polar surface area (TPSA) is 54.4 Å². The van der Waals surface area contributed by atoms with Crippen LogP contribution >= 0.6 is 0 Å². The van der Waals surface area contributed by atoms with Crippen molar-refractivity contribution in [3.8, 4) is 0 Å². The lowest BCUT2D eigenvalue weighted by atomic mass is 9.46. The molecule has 1 aromatic rings. The van der Waals surface area contributed by atoms with Crippen molar-refractivity contribution in [3.05, 3.63) is 58.7 Å². The van der Waals surface area contributed by atoms with E-state index in [0.717, 1.165) is 43.4 Å². The summed E-state index contributed by atoms with van der Waals surface area (Å²) in [4.78, 5) is 12.8. The van der Waals surface area contributed by atoms with Gasteiger partial charge in [-0.25, -0.2) is 4.21 Å². The molecule has 0 amide bonds. The van der Waals surface area contributed by atoms with Gasteiger partial charge in [0.1, 0.15) is 0 Å². The van der Waals surface area contributed by atoms with E-state index in [-0.39, 0.29) is 28.6 Å². The fraction of sp³-hybridized carbons (Fsp3) is 0.556. The minimum atomic E-state index is -1.20. The first-order valence-corrected chi connectivity index (χ1v) is 12.9. The van der Waals surface area contributed by atoms with E-state index in [0.29, 0.717) is 18.3 Å². The molecule has 1 N–H and O–H groups in total. The molecule has 164 valence electrons. The maximum atomic E-state index is 12.7. The predicted octanol–water partition coefficient (Wildman–Crippen LogP) is 5.34. The van der Waals surface area contributed by atoms with E-state index in [1.165, 1.54) is 11.1 Å². The number of fused-ring (bicyclic) bond motifs is 5. The van der Waals surface area contributed by atoms with Gasteiger partial charge in [-0.1, -0.05) is 37.6 Å². The lowest BCUT2D eigenvalue weighted by Crippen LogP contribution is -2.55. The van der Waals surface area contributed by atoms with E-state index < -0.39 is 10.8 Å². The Kier molecular flexibility index (Phi) is 5.24. The first kappa shape index (κ1) is 21.1. The third-order valence-corrected chi connectivity index (χ3v) is 10.1. The summed E-state index contributed by atoms with van der Waals surface area (Å²) in [7, 11) is -1.20. The van der Waals surface area contributed by atoms with Gasteiger partial charge < -0.3 is 5.11 Å². The third-order valence-electron chi connectivity index (χ3n) is 9.00. The number of hydrogen-bond donors (Lipinski definition) is 1. The second-order valence-electron chi connectivity index (χ2n) is 10.5. The number of benzene rings is 1. The molecule has 3 saturated carbocycles. The number of hydrogen-bond acceptors (Lipinski definition) is 3. The van der Waals surface area contributed by atoms with Crippen LogP contribution in [0, 0.1) is 28.6 Å². The molecular formula is C27H32O3S. The predicted molar refractivity (Wildman–Crippen MR) is 123 cm³/mol. The minimum Gasteiger partial charge on any atom is -0.393 e. The van der Waals surface area contributed by atoms with E-state index in [9.17, 15) is 14.1 Å². The number of rotatable bonds is 2. The number of carbonyl (C=O) groups is 1. The fourth-order valence-corrected chi connectivity index (χ4v) is 8.29. The summed E-state index contributed by atoms with van der Waals surface area (Å²) in [5, 5.41) is 13.2. The second-order valence-corrected chi connectivity index (χ2v) is 11.8. The number of aliphatic hydroxyl groups is 1.